The number of ketones is 2. The van der Waals surface area contributed by atoms with Crippen LogP contribution in [0.5, 0.6) is 0 Å². The first-order chi connectivity index (χ1) is 13.9. The fourth-order valence-corrected chi connectivity index (χ4v) is 91.9. The van der Waals surface area contributed by atoms with Crippen molar-refractivity contribution in [1.29, 1.82) is 0 Å². The van der Waals surface area contributed by atoms with Gasteiger partial charge in [-0.1, -0.05) is 0 Å². The van der Waals surface area contributed by atoms with Gasteiger partial charge in [0.05, 0.1) is 0 Å². The van der Waals surface area contributed by atoms with Crippen LogP contribution in [-0.4, -0.2) is 11.6 Å². The third-order valence-electron chi connectivity index (χ3n) is 18.0. The molecule has 1 aliphatic carbocycles. The molecular formula is C26H16FeO2. The predicted octanol–water partition coefficient (Wildman–Crippen LogP) is 5.57. The average molecular weight is 416 g/mol. The first-order valence-corrected chi connectivity index (χ1v) is 17.3. The molecule has 0 radical (unpaired) electrons. The second-order valence-corrected chi connectivity index (χ2v) is 37.4. The maximum absolute atomic E-state index is 13.3. The number of hydrogen-bond acceptors (Lipinski definition) is 2. The number of hydrogen-bond donors (Lipinski definition) is 0. The van der Waals surface area contributed by atoms with Crippen molar-refractivity contribution in [3.05, 3.63) is 70.3 Å². The Balaban J connectivity index is 1.10. The van der Waals surface area contributed by atoms with Crippen LogP contribution >= 0.6 is 0 Å². The predicted molar refractivity (Wildman–Crippen MR) is 103 cm³/mol. The Hall–Kier alpha value is -2.14. The second kappa shape index (κ2) is 1.43. The fourth-order valence-electron chi connectivity index (χ4n) is 18.9. The molecular weight excluding hydrogens is 400 g/mol. The van der Waals surface area contributed by atoms with E-state index in [-0.39, 0.29) is 11.6 Å². The van der Waals surface area contributed by atoms with E-state index in [2.05, 4.69) is 11.8 Å². The Bertz CT molecular complexity index is 1820. The van der Waals surface area contributed by atoms with Gasteiger partial charge in [0, 0.05) is 0 Å². The van der Waals surface area contributed by atoms with E-state index >= 15 is 0 Å². The molecule has 10 fully saturated rings. The van der Waals surface area contributed by atoms with Crippen LogP contribution in [0.3, 0.4) is 0 Å². The molecule has 0 amide bonds. The maximum atomic E-state index is 13.3. The van der Waals surface area contributed by atoms with Crippen LogP contribution in [0.15, 0.2) is 42.5 Å². The van der Waals surface area contributed by atoms with Crippen molar-refractivity contribution < 1.29 is 16.1 Å². The molecule has 0 aromatic heterocycles. The molecule has 3 heteroatoms. The summed E-state index contributed by atoms with van der Waals surface area (Å²) < 4.78 is 0.529. The summed E-state index contributed by atoms with van der Waals surface area (Å²) >= 11 is 0. The Morgan fingerprint density at radius 1 is 0.690 bits per heavy atom. The van der Waals surface area contributed by atoms with Gasteiger partial charge in [0.2, 0.25) is 0 Å². The van der Waals surface area contributed by atoms with Gasteiger partial charge in [0.15, 0.2) is 0 Å². The first-order valence-electron chi connectivity index (χ1n) is 11.0. The van der Waals surface area contributed by atoms with Gasteiger partial charge in [-0.05, 0) is 0 Å². The van der Waals surface area contributed by atoms with E-state index in [1.807, 2.05) is 30.3 Å². The van der Waals surface area contributed by atoms with Gasteiger partial charge in [-0.3, -0.25) is 0 Å². The van der Waals surface area contributed by atoms with Crippen molar-refractivity contribution in [2.45, 2.75) is 47.7 Å². The van der Waals surface area contributed by atoms with E-state index in [1.54, 1.807) is 12.1 Å². The van der Waals surface area contributed by atoms with E-state index in [1.165, 1.54) is 33.7 Å². The Morgan fingerprint density at radius 2 is 1.28 bits per heavy atom. The van der Waals surface area contributed by atoms with Crippen LogP contribution in [0.4, 0.5) is 0 Å². The number of benzene rings is 2. The van der Waals surface area contributed by atoms with E-state index < -0.39 is 6.51 Å². The van der Waals surface area contributed by atoms with Crippen LogP contribution in [-0.2, 0) is 6.51 Å². The van der Waals surface area contributed by atoms with E-state index in [4.69, 9.17) is 0 Å². The molecule has 29 heavy (non-hydrogen) atoms. The summed E-state index contributed by atoms with van der Waals surface area (Å²) in [5.74, 6) is 7.52. The summed E-state index contributed by atoms with van der Waals surface area (Å²) in [6.45, 7) is -3.22. The summed E-state index contributed by atoms with van der Waals surface area (Å²) in [7, 11) is 0. The van der Waals surface area contributed by atoms with Crippen molar-refractivity contribution >= 4 is 11.6 Å². The van der Waals surface area contributed by atoms with E-state index in [0.717, 1.165) is 15.2 Å². The van der Waals surface area contributed by atoms with Crippen molar-refractivity contribution in [3.8, 4) is 11.8 Å². The van der Waals surface area contributed by atoms with Crippen molar-refractivity contribution in [2.75, 3.05) is 0 Å². The number of carbonyl (C=O) groups is 2. The number of rotatable bonds is 0. The van der Waals surface area contributed by atoms with Gasteiger partial charge in [0.25, 0.3) is 0 Å². The van der Waals surface area contributed by atoms with E-state index in [9.17, 15) is 9.59 Å². The Morgan fingerprint density at radius 3 is 1.83 bits per heavy atom. The van der Waals surface area contributed by atoms with Gasteiger partial charge in [-0.25, -0.2) is 0 Å². The quantitative estimate of drug-likeness (QED) is 0.355. The topological polar surface area (TPSA) is 34.1 Å². The molecule has 10 heterocycles. The molecule has 140 valence electrons. The van der Waals surface area contributed by atoms with Crippen LogP contribution in [0.25, 0.3) is 0 Å². The normalized spacial score (nSPS) is 75.7. The molecule has 10 saturated heterocycles. The minimum atomic E-state index is -3.22. The summed E-state index contributed by atoms with van der Waals surface area (Å²) in [6.07, 6.45) is 0. The molecule has 11 aliphatic rings. The summed E-state index contributed by atoms with van der Waals surface area (Å²) in [4.78, 5) is 37.5. The molecule has 0 N–H and O–H groups in total. The zero-order valence-corrected chi connectivity index (χ0v) is 16.5. The van der Waals surface area contributed by atoms with Gasteiger partial charge >= 0.3 is 157 Å². The monoisotopic (exact) mass is 416 g/mol. The molecule has 10 aliphatic heterocycles. The molecule has 2 aromatic carbocycles. The minimum absolute atomic E-state index is 0.0229. The summed E-state index contributed by atoms with van der Waals surface area (Å²) in [5, 5.41) is 0. The van der Waals surface area contributed by atoms with Gasteiger partial charge in [-0.15, -0.1) is 0 Å². The zero-order chi connectivity index (χ0) is 18.4. The molecule has 13 rings (SSSR count). The van der Waals surface area contributed by atoms with Crippen molar-refractivity contribution in [1.82, 2.24) is 0 Å². The number of carbonyl (C=O) groups excluding carboxylic acids is 2. The molecule has 1 spiro atoms. The van der Waals surface area contributed by atoms with Gasteiger partial charge < -0.3 is 0 Å². The third kappa shape index (κ3) is 0.221. The standard InChI is InChI=1S/C21H11O2.C5H5.Fe/c22-20-16-9-3-4-10-17(16)21(23)19-15(8-5-11-18(19)20)13-12-14-6-1-2-7-14;1-2-4-5-3-1;/h1-11H;1-5H;. The zero-order valence-electron chi connectivity index (χ0n) is 15.4. The molecule has 2 nitrogen and oxygen atoms in total. The summed E-state index contributed by atoms with van der Waals surface area (Å²) in [5.41, 5.74) is 3.00. The molecule has 0 saturated carbocycles. The van der Waals surface area contributed by atoms with Crippen LogP contribution in [0, 0.1) is 11.8 Å². The molecule has 2 aromatic rings. The molecule has 0 bridgehead atoms. The first kappa shape index (κ1) is 11.9. The van der Waals surface area contributed by atoms with E-state index in [0.29, 0.717) is 26.6 Å². The summed E-state index contributed by atoms with van der Waals surface area (Å²) in [6, 6.07) is 12.9. The van der Waals surface area contributed by atoms with Crippen molar-refractivity contribution in [3.63, 3.8) is 0 Å². The number of fused-ring (bicyclic) bond motifs is 12. The van der Waals surface area contributed by atoms with Gasteiger partial charge in [0.1, 0.15) is 0 Å². The van der Waals surface area contributed by atoms with Crippen LogP contribution in [0.1, 0.15) is 37.4 Å². The third-order valence-corrected chi connectivity index (χ3v) is 60.2. The Labute approximate surface area is 157 Å². The van der Waals surface area contributed by atoms with Gasteiger partial charge in [-0.2, -0.15) is 0 Å². The molecule has 4 atom stereocenters. The molecule has 4 unspecified atom stereocenters. The van der Waals surface area contributed by atoms with Crippen molar-refractivity contribution in [2.24, 2.45) is 0 Å². The Kier molecular flexibility index (Phi) is 0.585. The SMILES string of the molecule is O=C1c2ccccc2C(=O)c2c(C#C[C]34[CH]5[CH]6[CH]7[CH]3[Fe]6754389%10[CH]4[CH]3[CH]8[CH]9[CH]4%10)cccc21. The fraction of sp³-hybridized carbons (Fsp3) is 0.385. The second-order valence-electron chi connectivity index (χ2n) is 13.9. The average Bonchev–Trinajstić information content (AvgIpc) is 3.69. The van der Waals surface area contributed by atoms with Crippen LogP contribution in [0.2, 0.25) is 47.7 Å². The van der Waals surface area contributed by atoms with Crippen LogP contribution < -0.4 is 0 Å².